The van der Waals surface area contributed by atoms with Gasteiger partial charge in [-0.3, -0.25) is 4.79 Å². The maximum Gasteiger partial charge on any atom is 0.254 e. The van der Waals surface area contributed by atoms with Gasteiger partial charge < -0.3 is 15.4 Å². The second-order valence-electron chi connectivity index (χ2n) is 6.59. The van der Waals surface area contributed by atoms with Crippen molar-refractivity contribution in [1.29, 1.82) is 0 Å². The maximum atomic E-state index is 12.9. The number of hydrogen-bond donors (Lipinski definition) is 1. The molecule has 0 aliphatic carbocycles. The van der Waals surface area contributed by atoms with Crippen molar-refractivity contribution in [2.45, 2.75) is 18.9 Å². The average Bonchev–Trinajstić information content (AvgIpc) is 3.33. The summed E-state index contributed by atoms with van der Waals surface area (Å²) in [5, 5.41) is 4.71. The van der Waals surface area contributed by atoms with E-state index in [4.69, 9.17) is 15.6 Å². The lowest BCUT2D eigenvalue weighted by Gasteiger charge is -2.16. The van der Waals surface area contributed by atoms with Gasteiger partial charge in [0.05, 0.1) is 19.3 Å². The maximum absolute atomic E-state index is 12.9. The molecule has 0 saturated carbocycles. The average molecular weight is 366 g/mol. The van der Waals surface area contributed by atoms with E-state index in [-0.39, 0.29) is 11.8 Å². The first kappa shape index (κ1) is 17.4. The van der Waals surface area contributed by atoms with Crippen LogP contribution in [0, 0.1) is 0 Å². The van der Waals surface area contributed by atoms with Crippen LogP contribution in [0.3, 0.4) is 0 Å². The third kappa shape index (κ3) is 3.23. The Morgan fingerprint density at radius 1 is 1.33 bits per heavy atom. The molecule has 0 spiro atoms. The first-order valence-electron chi connectivity index (χ1n) is 9.02. The summed E-state index contributed by atoms with van der Waals surface area (Å²) >= 11 is 0. The second-order valence-corrected chi connectivity index (χ2v) is 6.59. The molecule has 1 saturated heterocycles. The van der Waals surface area contributed by atoms with E-state index in [0.717, 1.165) is 23.3 Å². The van der Waals surface area contributed by atoms with Gasteiger partial charge in [-0.1, -0.05) is 6.07 Å². The quantitative estimate of drug-likeness (QED) is 0.733. The number of carbonyl (C=O) groups is 1. The van der Waals surface area contributed by atoms with E-state index in [1.54, 1.807) is 25.6 Å². The number of nitrogens with zero attached hydrogens (tertiary/aromatic N) is 5. The number of ether oxygens (including phenoxy) is 1. The van der Waals surface area contributed by atoms with Gasteiger partial charge in [0.25, 0.3) is 5.91 Å². The van der Waals surface area contributed by atoms with Crippen molar-refractivity contribution in [2.75, 3.05) is 26.7 Å². The van der Waals surface area contributed by atoms with Crippen molar-refractivity contribution in [3.63, 3.8) is 0 Å². The lowest BCUT2D eigenvalue weighted by molar-refractivity contribution is 0.0790. The van der Waals surface area contributed by atoms with Gasteiger partial charge in [-0.15, -0.1) is 0 Å². The molecule has 2 aromatic heterocycles. The van der Waals surface area contributed by atoms with Gasteiger partial charge in [0.15, 0.2) is 5.65 Å². The molecular weight excluding hydrogens is 344 g/mol. The highest BCUT2D eigenvalue weighted by atomic mass is 16.5. The second kappa shape index (κ2) is 7.32. The molecule has 1 fully saturated rings. The number of likely N-dealkylation sites (tertiary alicyclic amines) is 1. The summed E-state index contributed by atoms with van der Waals surface area (Å²) < 4.78 is 7.03. The fraction of sp³-hybridized carbons (Fsp3) is 0.368. The van der Waals surface area contributed by atoms with Crippen LogP contribution in [-0.2, 0) is 6.54 Å². The van der Waals surface area contributed by atoms with Crippen LogP contribution < -0.4 is 10.5 Å². The van der Waals surface area contributed by atoms with Crippen LogP contribution in [0.15, 0.2) is 36.7 Å². The molecule has 1 atom stereocenters. The zero-order valence-electron chi connectivity index (χ0n) is 15.2. The molecule has 27 heavy (non-hydrogen) atoms. The molecule has 1 aromatic carbocycles. The minimum atomic E-state index is 0.00757. The lowest BCUT2D eigenvalue weighted by atomic mass is 10.0. The number of methoxy groups -OCH3 is 1. The van der Waals surface area contributed by atoms with Crippen molar-refractivity contribution in [2.24, 2.45) is 5.73 Å². The standard InChI is InChI=1S/C19H22N6O2/c1-27-15-4-2-3-13(11-15)19(26)24-9-5-14(12-24)16-17-18(22-8-7-21-17)25(23-16)10-6-20/h2-4,7-8,11,14H,5-6,9-10,12,20H2,1H3/t14-/m0/s1. The molecule has 2 N–H and O–H groups in total. The Kier molecular flexibility index (Phi) is 4.72. The van der Waals surface area contributed by atoms with Gasteiger partial charge in [0.2, 0.25) is 0 Å². The van der Waals surface area contributed by atoms with Crippen molar-refractivity contribution in [3.8, 4) is 5.75 Å². The van der Waals surface area contributed by atoms with E-state index in [1.807, 2.05) is 27.8 Å². The Hall–Kier alpha value is -3.00. The van der Waals surface area contributed by atoms with Crippen molar-refractivity contribution >= 4 is 17.1 Å². The van der Waals surface area contributed by atoms with Gasteiger partial charge in [-0.05, 0) is 24.6 Å². The summed E-state index contributed by atoms with van der Waals surface area (Å²) in [4.78, 5) is 23.6. The van der Waals surface area contributed by atoms with Gasteiger partial charge in [0, 0.05) is 43.5 Å². The fourth-order valence-electron chi connectivity index (χ4n) is 3.58. The minimum absolute atomic E-state index is 0.00757. The number of aromatic nitrogens is 4. The first-order chi connectivity index (χ1) is 13.2. The van der Waals surface area contributed by atoms with E-state index < -0.39 is 0 Å². The highest BCUT2D eigenvalue weighted by Gasteiger charge is 2.31. The topological polar surface area (TPSA) is 99.2 Å². The third-order valence-corrected chi connectivity index (χ3v) is 4.91. The first-order valence-corrected chi connectivity index (χ1v) is 9.02. The van der Waals surface area contributed by atoms with Crippen LogP contribution in [0.5, 0.6) is 5.75 Å². The molecule has 4 rings (SSSR count). The number of rotatable bonds is 5. The Morgan fingerprint density at radius 2 is 2.19 bits per heavy atom. The molecule has 8 nitrogen and oxygen atoms in total. The van der Waals surface area contributed by atoms with E-state index in [2.05, 4.69) is 9.97 Å². The van der Waals surface area contributed by atoms with E-state index in [0.29, 0.717) is 37.5 Å². The normalized spacial score (nSPS) is 16.8. The molecule has 1 aliphatic rings. The fourth-order valence-corrected chi connectivity index (χ4v) is 3.58. The van der Waals surface area contributed by atoms with Crippen LogP contribution in [0.1, 0.15) is 28.4 Å². The summed E-state index contributed by atoms with van der Waals surface area (Å²) in [6, 6.07) is 7.25. The summed E-state index contributed by atoms with van der Waals surface area (Å²) in [5.41, 5.74) is 8.76. The Balaban J connectivity index is 1.58. The van der Waals surface area contributed by atoms with Crippen LogP contribution >= 0.6 is 0 Å². The van der Waals surface area contributed by atoms with E-state index in [1.165, 1.54) is 0 Å². The molecule has 1 aliphatic heterocycles. The van der Waals surface area contributed by atoms with Gasteiger partial charge >= 0.3 is 0 Å². The number of amides is 1. The van der Waals surface area contributed by atoms with Crippen LogP contribution in [0.4, 0.5) is 0 Å². The summed E-state index contributed by atoms with van der Waals surface area (Å²) in [7, 11) is 1.60. The van der Waals surface area contributed by atoms with Gasteiger partial charge in [-0.25, -0.2) is 14.6 Å². The Labute approximate surface area is 157 Å². The zero-order chi connectivity index (χ0) is 18.8. The summed E-state index contributed by atoms with van der Waals surface area (Å²) in [6.45, 7) is 2.37. The third-order valence-electron chi connectivity index (χ3n) is 4.91. The highest BCUT2D eigenvalue weighted by Crippen LogP contribution is 2.31. The smallest absolute Gasteiger partial charge is 0.254 e. The number of nitrogens with two attached hydrogens (primary N) is 1. The molecule has 3 aromatic rings. The SMILES string of the molecule is COc1cccc(C(=O)N2CC[C@H](c3nn(CCN)c4nccnc34)C2)c1. The Morgan fingerprint density at radius 3 is 3.00 bits per heavy atom. The summed E-state index contributed by atoms with van der Waals surface area (Å²) in [6.07, 6.45) is 4.18. The highest BCUT2D eigenvalue weighted by molar-refractivity contribution is 5.95. The Bertz CT molecular complexity index is 970. The number of benzene rings is 1. The van der Waals surface area contributed by atoms with Crippen LogP contribution in [0.2, 0.25) is 0 Å². The molecule has 1 amide bonds. The van der Waals surface area contributed by atoms with Gasteiger partial charge in [-0.2, -0.15) is 5.10 Å². The molecule has 3 heterocycles. The van der Waals surface area contributed by atoms with Crippen molar-refractivity contribution < 1.29 is 9.53 Å². The monoisotopic (exact) mass is 366 g/mol. The summed E-state index contributed by atoms with van der Waals surface area (Å²) in [5.74, 6) is 0.823. The lowest BCUT2D eigenvalue weighted by Crippen LogP contribution is -2.28. The predicted molar refractivity (Wildman–Crippen MR) is 101 cm³/mol. The minimum Gasteiger partial charge on any atom is -0.497 e. The van der Waals surface area contributed by atoms with Crippen molar-refractivity contribution in [1.82, 2.24) is 24.6 Å². The predicted octanol–water partition coefficient (Wildman–Crippen LogP) is 1.42. The van der Waals surface area contributed by atoms with E-state index >= 15 is 0 Å². The number of hydrogen-bond acceptors (Lipinski definition) is 6. The van der Waals surface area contributed by atoms with Crippen LogP contribution in [-0.4, -0.2) is 57.3 Å². The van der Waals surface area contributed by atoms with Crippen molar-refractivity contribution in [3.05, 3.63) is 47.9 Å². The largest absolute Gasteiger partial charge is 0.497 e. The zero-order valence-corrected chi connectivity index (χ0v) is 15.2. The van der Waals surface area contributed by atoms with Gasteiger partial charge in [0.1, 0.15) is 11.3 Å². The molecule has 0 radical (unpaired) electrons. The molecule has 140 valence electrons. The molecular formula is C19H22N6O2. The molecule has 8 heteroatoms. The molecule has 0 bridgehead atoms. The molecule has 0 unspecified atom stereocenters. The number of fused-ring (bicyclic) bond motifs is 1. The number of carbonyl (C=O) groups excluding carboxylic acids is 1. The van der Waals surface area contributed by atoms with E-state index in [9.17, 15) is 4.79 Å². The van der Waals surface area contributed by atoms with Crippen LogP contribution in [0.25, 0.3) is 11.2 Å².